The summed E-state index contributed by atoms with van der Waals surface area (Å²) in [6.45, 7) is 2.65. The fourth-order valence-electron chi connectivity index (χ4n) is 3.17. The van der Waals surface area contributed by atoms with Crippen molar-refractivity contribution in [1.29, 1.82) is 0 Å². The molecule has 3 aromatic carbocycles. The maximum absolute atomic E-state index is 12.9. The Kier molecular flexibility index (Phi) is 10.4. The molecule has 0 heterocycles. The number of aliphatic hydroxyl groups is 1. The minimum Gasteiger partial charge on any atom is -0.369 e. The van der Waals surface area contributed by atoms with Crippen molar-refractivity contribution >= 4 is 40.5 Å². The highest BCUT2D eigenvalue weighted by molar-refractivity contribution is 6.30. The zero-order chi connectivity index (χ0) is 27.1. The van der Waals surface area contributed by atoms with Gasteiger partial charge in [0.05, 0.1) is 0 Å². The van der Waals surface area contributed by atoms with Crippen LogP contribution in [0.25, 0.3) is 0 Å². The second-order valence-electron chi connectivity index (χ2n) is 7.65. The third-order valence-corrected chi connectivity index (χ3v) is 6.02. The molecular weight excluding hydrogens is 551 g/mol. The molecule has 1 N–H and O–H groups in total. The van der Waals surface area contributed by atoms with Crippen LogP contribution in [0.5, 0.6) is 0 Å². The van der Waals surface area contributed by atoms with Gasteiger partial charge in [-0.1, -0.05) is 59.6 Å². The number of nitrogens with zero attached hydrogens (tertiary/aromatic N) is 1. The van der Waals surface area contributed by atoms with Gasteiger partial charge in [-0.25, -0.2) is 0 Å². The summed E-state index contributed by atoms with van der Waals surface area (Å²) >= 11 is 17.0. The van der Waals surface area contributed by atoms with Crippen molar-refractivity contribution in [3.8, 4) is 0 Å². The van der Waals surface area contributed by atoms with Gasteiger partial charge in [0.1, 0.15) is 0 Å². The Morgan fingerprint density at radius 3 is 1.47 bits per heavy atom. The first kappa shape index (κ1) is 30.1. The Balaban J connectivity index is 0.000000425. The molecule has 2 nitrogen and oxygen atoms in total. The van der Waals surface area contributed by atoms with Gasteiger partial charge in [-0.05, 0) is 54.4 Å². The van der Waals surface area contributed by atoms with Gasteiger partial charge in [0.15, 0.2) is 0 Å². The van der Waals surface area contributed by atoms with Crippen LogP contribution in [0.15, 0.2) is 72.8 Å². The van der Waals surface area contributed by atoms with Crippen LogP contribution in [0.4, 0.5) is 32.0 Å². The number of rotatable bonds is 6. The van der Waals surface area contributed by atoms with Crippen LogP contribution in [0.1, 0.15) is 23.6 Å². The molecule has 0 bridgehead atoms. The first-order valence-corrected chi connectivity index (χ1v) is 11.8. The van der Waals surface area contributed by atoms with E-state index in [9.17, 15) is 31.4 Å². The van der Waals surface area contributed by atoms with Gasteiger partial charge >= 0.3 is 12.4 Å². The first-order chi connectivity index (χ1) is 16.7. The zero-order valence-electron chi connectivity index (χ0n) is 18.8. The molecule has 0 atom stereocenters. The zero-order valence-corrected chi connectivity index (χ0v) is 21.1. The second-order valence-corrected chi connectivity index (χ2v) is 8.79. The topological polar surface area (TPSA) is 23.5 Å². The molecule has 36 heavy (non-hydrogen) atoms. The van der Waals surface area contributed by atoms with Crippen molar-refractivity contribution < 1.29 is 31.4 Å². The summed E-state index contributed by atoms with van der Waals surface area (Å²) in [6.07, 6.45) is -11.8. The quantitative estimate of drug-likeness (QED) is 0.236. The lowest BCUT2D eigenvalue weighted by atomic mass is 9.92. The van der Waals surface area contributed by atoms with Crippen LogP contribution in [0.2, 0.25) is 10.0 Å². The minimum absolute atomic E-state index is 0.385. The van der Waals surface area contributed by atoms with Crippen LogP contribution in [0.3, 0.4) is 0 Å². The van der Waals surface area contributed by atoms with Crippen LogP contribution in [0, 0.1) is 0 Å². The SMILES string of the molecule is CCN(Cc1ccc(Cl)cc1)c1ccc(C(O)(C(F)(F)F)C(F)(F)F)cc1.ClCc1ccc(Cl)cc1. The van der Waals surface area contributed by atoms with E-state index in [1.54, 1.807) is 36.1 Å². The van der Waals surface area contributed by atoms with Crippen molar-refractivity contribution in [2.75, 3.05) is 11.4 Å². The lowest BCUT2D eigenvalue weighted by molar-refractivity contribution is -0.376. The molecular formula is C25H22Cl3F6NO. The fraction of sp³-hybridized carbons (Fsp3) is 0.280. The molecule has 0 saturated heterocycles. The highest BCUT2D eigenvalue weighted by Gasteiger charge is 2.71. The highest BCUT2D eigenvalue weighted by atomic mass is 35.5. The standard InChI is InChI=1S/C18H16ClF6NO.C7H6Cl2/c1-2-26(11-12-3-7-14(19)8-4-12)15-9-5-13(6-10-15)16(27,17(20,21)22)18(23,24)25;8-5-6-1-3-7(9)4-2-6/h3-10,27H,2,11H2,1H3;1-4H,5H2. The number of hydrogen-bond donors (Lipinski definition) is 1. The Morgan fingerprint density at radius 1 is 0.694 bits per heavy atom. The van der Waals surface area contributed by atoms with E-state index in [0.29, 0.717) is 41.8 Å². The Labute approximate surface area is 220 Å². The lowest BCUT2D eigenvalue weighted by Gasteiger charge is -2.33. The summed E-state index contributed by atoms with van der Waals surface area (Å²) in [6, 6.07) is 17.9. The number of alkyl halides is 7. The number of hydrogen-bond acceptors (Lipinski definition) is 2. The van der Waals surface area contributed by atoms with E-state index in [1.807, 2.05) is 24.3 Å². The van der Waals surface area contributed by atoms with Crippen molar-refractivity contribution in [3.63, 3.8) is 0 Å². The Morgan fingerprint density at radius 2 is 1.11 bits per heavy atom. The maximum atomic E-state index is 12.9. The van der Waals surface area contributed by atoms with Crippen LogP contribution >= 0.6 is 34.8 Å². The molecule has 0 fully saturated rings. The highest BCUT2D eigenvalue weighted by Crippen LogP contribution is 2.50. The van der Waals surface area contributed by atoms with Crippen LogP contribution in [-0.2, 0) is 18.0 Å². The molecule has 3 aromatic rings. The van der Waals surface area contributed by atoms with E-state index in [1.165, 1.54) is 0 Å². The van der Waals surface area contributed by atoms with Crippen LogP contribution < -0.4 is 4.90 Å². The average Bonchev–Trinajstić information content (AvgIpc) is 2.83. The molecule has 0 aliphatic heterocycles. The van der Waals surface area contributed by atoms with Crippen molar-refractivity contribution in [2.45, 2.75) is 37.3 Å². The minimum atomic E-state index is -5.90. The fourth-order valence-corrected chi connectivity index (χ4v) is 3.60. The summed E-state index contributed by atoms with van der Waals surface area (Å²) < 4.78 is 77.6. The van der Waals surface area contributed by atoms with Gasteiger partial charge in [0, 0.05) is 40.3 Å². The monoisotopic (exact) mass is 571 g/mol. The number of halogens is 9. The van der Waals surface area contributed by atoms with Gasteiger partial charge in [-0.15, -0.1) is 11.6 Å². The van der Waals surface area contributed by atoms with Gasteiger partial charge in [0.2, 0.25) is 0 Å². The molecule has 0 saturated carbocycles. The normalized spacial score (nSPS) is 12.1. The van der Waals surface area contributed by atoms with Crippen LogP contribution in [-0.4, -0.2) is 24.0 Å². The summed E-state index contributed by atoms with van der Waals surface area (Å²) in [5.41, 5.74) is -3.82. The molecule has 3 rings (SSSR count). The summed E-state index contributed by atoms with van der Waals surface area (Å²) in [4.78, 5) is 1.76. The predicted molar refractivity (Wildman–Crippen MR) is 132 cm³/mol. The van der Waals surface area contributed by atoms with Crippen molar-refractivity contribution in [3.05, 3.63) is 99.5 Å². The molecule has 0 aromatic heterocycles. The van der Waals surface area contributed by atoms with E-state index < -0.39 is 23.5 Å². The summed E-state index contributed by atoms with van der Waals surface area (Å²) in [5, 5.41) is 10.7. The van der Waals surface area contributed by atoms with Gasteiger partial charge in [-0.2, -0.15) is 26.3 Å². The second kappa shape index (κ2) is 12.4. The summed E-state index contributed by atoms with van der Waals surface area (Å²) in [5.74, 6) is 0.553. The smallest absolute Gasteiger partial charge is 0.369 e. The van der Waals surface area contributed by atoms with E-state index in [-0.39, 0.29) is 0 Å². The van der Waals surface area contributed by atoms with Gasteiger partial charge < -0.3 is 10.0 Å². The third-order valence-electron chi connectivity index (χ3n) is 5.21. The van der Waals surface area contributed by atoms with E-state index in [4.69, 9.17) is 34.8 Å². The first-order valence-electron chi connectivity index (χ1n) is 10.5. The number of benzene rings is 3. The van der Waals surface area contributed by atoms with Crippen molar-refractivity contribution in [1.82, 2.24) is 0 Å². The predicted octanol–water partition coefficient (Wildman–Crippen LogP) is 8.76. The van der Waals surface area contributed by atoms with Gasteiger partial charge in [-0.3, -0.25) is 0 Å². The molecule has 0 radical (unpaired) electrons. The lowest BCUT2D eigenvalue weighted by Crippen LogP contribution is -2.53. The summed E-state index contributed by atoms with van der Waals surface area (Å²) in [7, 11) is 0. The molecule has 0 aliphatic rings. The molecule has 11 heteroatoms. The Hall–Kier alpha value is -2.13. The average molecular weight is 573 g/mol. The molecule has 0 amide bonds. The number of anilines is 1. The molecule has 0 unspecified atom stereocenters. The Bertz CT molecular complexity index is 1070. The molecule has 196 valence electrons. The van der Waals surface area contributed by atoms with Crippen molar-refractivity contribution in [2.24, 2.45) is 0 Å². The van der Waals surface area contributed by atoms with E-state index in [0.717, 1.165) is 28.3 Å². The van der Waals surface area contributed by atoms with Gasteiger partial charge in [0.25, 0.3) is 5.60 Å². The largest absolute Gasteiger partial charge is 0.430 e. The third kappa shape index (κ3) is 7.44. The molecule has 0 spiro atoms. The molecule has 0 aliphatic carbocycles. The van der Waals surface area contributed by atoms with E-state index >= 15 is 0 Å². The maximum Gasteiger partial charge on any atom is 0.430 e. The van der Waals surface area contributed by atoms with E-state index in [2.05, 4.69) is 0 Å².